The van der Waals surface area contributed by atoms with Gasteiger partial charge in [0.05, 0.1) is 0 Å². The van der Waals surface area contributed by atoms with E-state index >= 15 is 0 Å². The van der Waals surface area contributed by atoms with Crippen molar-refractivity contribution in [2.75, 3.05) is 39.3 Å². The van der Waals surface area contributed by atoms with Crippen LogP contribution >= 0.6 is 0 Å². The molecule has 0 radical (unpaired) electrons. The van der Waals surface area contributed by atoms with E-state index in [0.717, 1.165) is 77.8 Å². The molecular formula is C22H39N3O2. The fourth-order valence-corrected chi connectivity index (χ4v) is 5.05. The van der Waals surface area contributed by atoms with Crippen LogP contribution in [0.25, 0.3) is 0 Å². The number of carbonyl (C=O) groups excluding carboxylic acids is 2. The van der Waals surface area contributed by atoms with Gasteiger partial charge in [-0.05, 0) is 58.0 Å². The Kier molecular flexibility index (Phi) is 7.98. The van der Waals surface area contributed by atoms with E-state index in [1.807, 2.05) is 0 Å². The van der Waals surface area contributed by atoms with Gasteiger partial charge in [0.25, 0.3) is 0 Å². The monoisotopic (exact) mass is 377 g/mol. The number of amides is 2. The topological polar surface area (TPSA) is 43.9 Å². The Morgan fingerprint density at radius 3 is 2.07 bits per heavy atom. The second kappa shape index (κ2) is 10.4. The van der Waals surface area contributed by atoms with E-state index in [0.29, 0.717) is 17.9 Å². The number of likely N-dealkylation sites (tertiary alicyclic amines) is 3. The average Bonchev–Trinajstić information content (AvgIpc) is 3.26. The van der Waals surface area contributed by atoms with Crippen molar-refractivity contribution in [1.29, 1.82) is 0 Å². The first kappa shape index (κ1) is 20.6. The van der Waals surface area contributed by atoms with Gasteiger partial charge in [-0.2, -0.15) is 0 Å². The molecule has 0 bridgehead atoms. The maximum Gasteiger partial charge on any atom is 0.225 e. The average molecular weight is 378 g/mol. The van der Waals surface area contributed by atoms with Crippen LogP contribution in [-0.2, 0) is 9.59 Å². The SMILES string of the molecule is CCCCCCC(=O)N1CCC(N2CCC(C(=O)N3CCCC3)CC2)CC1. The minimum atomic E-state index is 0.254. The first-order chi connectivity index (χ1) is 13.2. The molecule has 27 heavy (non-hydrogen) atoms. The van der Waals surface area contributed by atoms with Gasteiger partial charge in [-0.3, -0.25) is 9.59 Å². The van der Waals surface area contributed by atoms with Crippen LogP contribution in [0.4, 0.5) is 0 Å². The number of hydrogen-bond acceptors (Lipinski definition) is 3. The summed E-state index contributed by atoms with van der Waals surface area (Å²) in [5.74, 6) is 1.03. The van der Waals surface area contributed by atoms with Crippen molar-refractivity contribution >= 4 is 11.8 Å². The molecule has 3 heterocycles. The molecule has 3 aliphatic heterocycles. The molecule has 0 spiro atoms. The molecule has 2 amide bonds. The van der Waals surface area contributed by atoms with Crippen LogP contribution in [0.1, 0.15) is 77.6 Å². The lowest BCUT2D eigenvalue weighted by atomic mass is 9.92. The zero-order valence-corrected chi connectivity index (χ0v) is 17.3. The van der Waals surface area contributed by atoms with Gasteiger partial charge in [-0.25, -0.2) is 0 Å². The van der Waals surface area contributed by atoms with Gasteiger partial charge in [0.15, 0.2) is 0 Å². The van der Waals surface area contributed by atoms with Crippen LogP contribution in [-0.4, -0.2) is 71.8 Å². The minimum absolute atomic E-state index is 0.254. The van der Waals surface area contributed by atoms with Gasteiger partial charge < -0.3 is 14.7 Å². The lowest BCUT2D eigenvalue weighted by molar-refractivity contribution is -0.137. The summed E-state index contributed by atoms with van der Waals surface area (Å²) in [6.07, 6.45) is 12.0. The predicted molar refractivity (Wildman–Crippen MR) is 108 cm³/mol. The van der Waals surface area contributed by atoms with E-state index in [9.17, 15) is 9.59 Å². The molecule has 5 heteroatoms. The van der Waals surface area contributed by atoms with Crippen LogP contribution in [0.2, 0.25) is 0 Å². The molecule has 154 valence electrons. The first-order valence-corrected chi connectivity index (χ1v) is 11.5. The van der Waals surface area contributed by atoms with Crippen molar-refractivity contribution in [3.05, 3.63) is 0 Å². The van der Waals surface area contributed by atoms with Crippen LogP contribution in [0.15, 0.2) is 0 Å². The second-order valence-electron chi connectivity index (χ2n) is 8.77. The number of unbranched alkanes of at least 4 members (excludes halogenated alkanes) is 3. The summed E-state index contributed by atoms with van der Waals surface area (Å²) in [6.45, 7) is 8.11. The molecular weight excluding hydrogens is 338 g/mol. The Morgan fingerprint density at radius 2 is 1.44 bits per heavy atom. The zero-order valence-electron chi connectivity index (χ0n) is 17.3. The minimum Gasteiger partial charge on any atom is -0.343 e. The van der Waals surface area contributed by atoms with E-state index in [4.69, 9.17) is 0 Å². The van der Waals surface area contributed by atoms with E-state index in [1.165, 1.54) is 32.1 Å². The molecule has 3 saturated heterocycles. The standard InChI is InChI=1S/C22H39N3O2/c1-2-3-4-5-8-21(26)24-17-11-20(12-18-24)23-15-9-19(10-16-23)22(27)25-13-6-7-14-25/h19-20H,2-18H2,1H3. The Hall–Kier alpha value is -1.10. The number of carbonyl (C=O) groups is 2. The molecule has 0 unspecified atom stereocenters. The highest BCUT2D eigenvalue weighted by atomic mass is 16.2. The van der Waals surface area contributed by atoms with E-state index in [2.05, 4.69) is 21.6 Å². The Morgan fingerprint density at radius 1 is 0.778 bits per heavy atom. The molecule has 0 N–H and O–H groups in total. The van der Waals surface area contributed by atoms with Gasteiger partial charge in [-0.1, -0.05) is 26.2 Å². The molecule has 3 fully saturated rings. The fraction of sp³-hybridized carbons (Fsp3) is 0.909. The van der Waals surface area contributed by atoms with Crippen molar-refractivity contribution in [1.82, 2.24) is 14.7 Å². The number of piperidine rings is 2. The molecule has 0 atom stereocenters. The van der Waals surface area contributed by atoms with Gasteiger partial charge in [0.2, 0.25) is 11.8 Å². The lowest BCUT2D eigenvalue weighted by Crippen LogP contribution is -2.50. The van der Waals surface area contributed by atoms with E-state index < -0.39 is 0 Å². The third-order valence-electron chi connectivity index (χ3n) is 6.87. The van der Waals surface area contributed by atoms with Crippen molar-refractivity contribution < 1.29 is 9.59 Å². The molecule has 0 aromatic carbocycles. The summed E-state index contributed by atoms with van der Waals surface area (Å²) in [4.78, 5) is 31.7. The first-order valence-electron chi connectivity index (χ1n) is 11.5. The zero-order chi connectivity index (χ0) is 19.1. The Balaban J connectivity index is 1.34. The highest BCUT2D eigenvalue weighted by Gasteiger charge is 2.33. The molecule has 0 saturated carbocycles. The molecule has 3 aliphatic rings. The Labute approximate surface area is 165 Å². The number of rotatable bonds is 7. The van der Waals surface area contributed by atoms with E-state index in [-0.39, 0.29) is 5.92 Å². The molecule has 0 aromatic heterocycles. The molecule has 0 aliphatic carbocycles. The van der Waals surface area contributed by atoms with Gasteiger partial charge in [-0.15, -0.1) is 0 Å². The highest BCUT2D eigenvalue weighted by molar-refractivity contribution is 5.79. The van der Waals surface area contributed by atoms with E-state index in [1.54, 1.807) is 0 Å². The van der Waals surface area contributed by atoms with Crippen LogP contribution in [0.3, 0.4) is 0 Å². The Bertz CT molecular complexity index is 474. The number of nitrogens with zero attached hydrogens (tertiary/aromatic N) is 3. The molecule has 5 nitrogen and oxygen atoms in total. The largest absolute Gasteiger partial charge is 0.343 e. The third kappa shape index (κ3) is 5.69. The van der Waals surface area contributed by atoms with Crippen LogP contribution in [0, 0.1) is 5.92 Å². The van der Waals surface area contributed by atoms with Crippen molar-refractivity contribution in [3.63, 3.8) is 0 Å². The van der Waals surface area contributed by atoms with Crippen LogP contribution in [0.5, 0.6) is 0 Å². The summed E-state index contributed by atoms with van der Waals surface area (Å²) in [7, 11) is 0. The molecule has 0 aromatic rings. The van der Waals surface area contributed by atoms with Crippen molar-refractivity contribution in [3.8, 4) is 0 Å². The van der Waals surface area contributed by atoms with Gasteiger partial charge in [0.1, 0.15) is 0 Å². The summed E-state index contributed by atoms with van der Waals surface area (Å²) in [5.41, 5.74) is 0. The maximum atomic E-state index is 12.6. The van der Waals surface area contributed by atoms with Gasteiger partial charge >= 0.3 is 0 Å². The smallest absolute Gasteiger partial charge is 0.225 e. The summed E-state index contributed by atoms with van der Waals surface area (Å²) in [5, 5.41) is 0. The predicted octanol–water partition coefficient (Wildman–Crippen LogP) is 3.28. The van der Waals surface area contributed by atoms with Crippen LogP contribution < -0.4 is 0 Å². The van der Waals surface area contributed by atoms with Crippen molar-refractivity contribution in [2.45, 2.75) is 83.6 Å². The summed E-state index contributed by atoms with van der Waals surface area (Å²) < 4.78 is 0. The summed E-state index contributed by atoms with van der Waals surface area (Å²) >= 11 is 0. The van der Waals surface area contributed by atoms with Crippen molar-refractivity contribution in [2.24, 2.45) is 5.92 Å². The quantitative estimate of drug-likeness (QED) is 0.640. The number of hydrogen-bond donors (Lipinski definition) is 0. The third-order valence-corrected chi connectivity index (χ3v) is 6.87. The maximum absolute atomic E-state index is 12.6. The van der Waals surface area contributed by atoms with Gasteiger partial charge in [0, 0.05) is 44.6 Å². The lowest BCUT2D eigenvalue weighted by Gasteiger charge is -2.42. The fourth-order valence-electron chi connectivity index (χ4n) is 5.05. The molecule has 3 rings (SSSR count). The second-order valence-corrected chi connectivity index (χ2v) is 8.77. The normalized spacial score (nSPS) is 23.1. The summed E-state index contributed by atoms with van der Waals surface area (Å²) in [6, 6.07) is 0.608. The highest BCUT2D eigenvalue weighted by Crippen LogP contribution is 2.26.